The molecule has 26 heavy (non-hydrogen) atoms. The van der Waals surface area contributed by atoms with E-state index >= 15 is 0 Å². The van der Waals surface area contributed by atoms with Crippen LogP contribution < -0.4 is 16.4 Å². The van der Waals surface area contributed by atoms with Crippen molar-refractivity contribution in [3.05, 3.63) is 18.2 Å². The number of ether oxygens (including phenoxy) is 1. The number of nitrogens with one attached hydrogen (secondary N) is 2. The van der Waals surface area contributed by atoms with Gasteiger partial charge in [-0.1, -0.05) is 13.8 Å². The zero-order chi connectivity index (χ0) is 19.3. The Hall–Kier alpha value is -1.68. The molecule has 0 aromatic heterocycles. The van der Waals surface area contributed by atoms with Crippen molar-refractivity contribution in [1.82, 2.24) is 4.31 Å². The number of amides is 1. The van der Waals surface area contributed by atoms with Gasteiger partial charge < -0.3 is 21.1 Å². The molecule has 1 amide bonds. The van der Waals surface area contributed by atoms with E-state index in [4.69, 9.17) is 10.5 Å². The minimum atomic E-state index is -3.61. The summed E-state index contributed by atoms with van der Waals surface area (Å²) in [5, 5.41) is 5.75. The highest BCUT2D eigenvalue weighted by molar-refractivity contribution is 7.89. The maximum absolute atomic E-state index is 12.7. The Kier molecular flexibility index (Phi) is 6.99. The van der Waals surface area contributed by atoms with Gasteiger partial charge in [0.2, 0.25) is 10.0 Å². The monoisotopic (exact) mass is 384 g/mol. The lowest BCUT2D eigenvalue weighted by Crippen LogP contribution is -2.31. The molecular formula is C17H28N4O4S. The molecule has 1 heterocycles. The van der Waals surface area contributed by atoms with Crippen LogP contribution in [0.5, 0.6) is 0 Å². The fourth-order valence-corrected chi connectivity index (χ4v) is 4.49. The lowest BCUT2D eigenvalue weighted by molar-refractivity contribution is -0.126. The quantitative estimate of drug-likeness (QED) is 0.621. The van der Waals surface area contributed by atoms with Crippen LogP contribution in [0, 0.1) is 0 Å². The lowest BCUT2D eigenvalue weighted by atomic mass is 10.2. The van der Waals surface area contributed by atoms with Gasteiger partial charge in [0.25, 0.3) is 5.91 Å². The van der Waals surface area contributed by atoms with Crippen molar-refractivity contribution in [3.8, 4) is 0 Å². The molecule has 0 spiro atoms. The SMILES string of the molecule is CCN(CC)S(=O)(=O)c1ccc(NC)c(NC(=O)[C@@H]2CC[C@H](CN)O2)c1. The van der Waals surface area contributed by atoms with E-state index in [0.29, 0.717) is 37.4 Å². The van der Waals surface area contributed by atoms with Crippen LogP contribution in [0.25, 0.3) is 0 Å². The van der Waals surface area contributed by atoms with Gasteiger partial charge in [0.05, 0.1) is 22.4 Å². The molecule has 2 rings (SSSR count). The second kappa shape index (κ2) is 8.81. The van der Waals surface area contributed by atoms with Crippen LogP contribution in [0.1, 0.15) is 26.7 Å². The third kappa shape index (κ3) is 4.35. The summed E-state index contributed by atoms with van der Waals surface area (Å²) in [6, 6.07) is 4.66. The first-order chi connectivity index (χ1) is 12.4. The summed E-state index contributed by atoms with van der Waals surface area (Å²) in [5.41, 5.74) is 6.62. The molecule has 0 radical (unpaired) electrons. The summed E-state index contributed by atoms with van der Waals surface area (Å²) in [6.07, 6.45) is 0.657. The van der Waals surface area contributed by atoms with Crippen molar-refractivity contribution < 1.29 is 17.9 Å². The summed E-state index contributed by atoms with van der Waals surface area (Å²) in [6.45, 7) is 4.71. The largest absolute Gasteiger partial charge is 0.386 e. The summed E-state index contributed by atoms with van der Waals surface area (Å²) >= 11 is 0. The molecule has 2 atom stereocenters. The van der Waals surface area contributed by atoms with Crippen LogP contribution in [0.15, 0.2) is 23.1 Å². The molecule has 0 aliphatic carbocycles. The normalized spacial score (nSPS) is 20.3. The molecule has 1 aromatic rings. The van der Waals surface area contributed by atoms with Crippen LogP contribution >= 0.6 is 0 Å². The summed E-state index contributed by atoms with van der Waals surface area (Å²) < 4.78 is 32.4. The number of benzene rings is 1. The standard InChI is InChI=1S/C17H28N4O4S/c1-4-21(5-2)26(23,24)13-7-8-14(19-3)15(10-13)20-17(22)16-9-6-12(11-18)25-16/h7-8,10,12,16,19H,4-6,9,11,18H2,1-3H3,(H,20,22)/t12-,16+/m1/s1. The first kappa shape index (κ1) is 20.6. The third-order valence-corrected chi connectivity index (χ3v) is 6.57. The molecule has 146 valence electrons. The second-order valence-electron chi connectivity index (χ2n) is 6.10. The van der Waals surface area contributed by atoms with E-state index in [1.165, 1.54) is 16.4 Å². The number of rotatable bonds is 8. The summed E-state index contributed by atoms with van der Waals surface area (Å²) in [4.78, 5) is 12.6. The number of carbonyl (C=O) groups excluding carboxylic acids is 1. The van der Waals surface area contributed by atoms with Crippen molar-refractivity contribution in [1.29, 1.82) is 0 Å². The molecule has 4 N–H and O–H groups in total. The number of nitrogens with two attached hydrogens (primary N) is 1. The molecule has 8 nitrogen and oxygen atoms in total. The molecule has 1 aromatic carbocycles. The average molecular weight is 385 g/mol. The van der Waals surface area contributed by atoms with E-state index in [1.807, 2.05) is 0 Å². The van der Waals surface area contributed by atoms with Crippen molar-refractivity contribution >= 4 is 27.3 Å². The maximum Gasteiger partial charge on any atom is 0.253 e. The molecule has 1 aliphatic heterocycles. The zero-order valence-electron chi connectivity index (χ0n) is 15.5. The number of carbonyl (C=O) groups is 1. The predicted molar refractivity (Wildman–Crippen MR) is 102 cm³/mol. The van der Waals surface area contributed by atoms with Crippen molar-refractivity contribution in [2.24, 2.45) is 5.73 Å². The molecule has 1 saturated heterocycles. The molecule has 0 saturated carbocycles. The molecular weight excluding hydrogens is 356 g/mol. The van der Waals surface area contributed by atoms with Gasteiger partial charge in [-0.2, -0.15) is 4.31 Å². The number of nitrogens with zero attached hydrogens (tertiary/aromatic N) is 1. The van der Waals surface area contributed by atoms with Gasteiger partial charge in [-0.25, -0.2) is 8.42 Å². The van der Waals surface area contributed by atoms with Crippen LogP contribution in [0.3, 0.4) is 0 Å². The fourth-order valence-electron chi connectivity index (χ4n) is 3.00. The van der Waals surface area contributed by atoms with E-state index in [1.54, 1.807) is 27.0 Å². The highest BCUT2D eigenvalue weighted by Gasteiger charge is 2.30. The van der Waals surface area contributed by atoms with Crippen LogP contribution in [0.2, 0.25) is 0 Å². The first-order valence-corrected chi connectivity index (χ1v) is 10.3. The smallest absolute Gasteiger partial charge is 0.253 e. The van der Waals surface area contributed by atoms with E-state index in [0.717, 1.165) is 6.42 Å². The van der Waals surface area contributed by atoms with E-state index in [2.05, 4.69) is 10.6 Å². The number of sulfonamides is 1. The van der Waals surface area contributed by atoms with Crippen LogP contribution in [-0.2, 0) is 19.6 Å². The number of anilines is 2. The maximum atomic E-state index is 12.7. The van der Waals surface area contributed by atoms with Gasteiger partial charge >= 0.3 is 0 Å². The average Bonchev–Trinajstić information content (AvgIpc) is 3.11. The van der Waals surface area contributed by atoms with E-state index < -0.39 is 16.1 Å². The minimum absolute atomic E-state index is 0.108. The van der Waals surface area contributed by atoms with Gasteiger partial charge in [-0.3, -0.25) is 4.79 Å². The molecule has 0 bridgehead atoms. The Morgan fingerprint density at radius 2 is 1.96 bits per heavy atom. The Labute approximate surface area is 155 Å². The zero-order valence-corrected chi connectivity index (χ0v) is 16.3. The minimum Gasteiger partial charge on any atom is -0.386 e. The summed E-state index contributed by atoms with van der Waals surface area (Å²) in [7, 11) is -1.90. The Morgan fingerprint density at radius 3 is 2.50 bits per heavy atom. The van der Waals surface area contributed by atoms with Crippen molar-refractivity contribution in [3.63, 3.8) is 0 Å². The Bertz CT molecular complexity index is 734. The molecule has 9 heteroatoms. The van der Waals surface area contributed by atoms with E-state index in [9.17, 15) is 13.2 Å². The van der Waals surface area contributed by atoms with Gasteiger partial charge in [-0.15, -0.1) is 0 Å². The molecule has 1 aliphatic rings. The topological polar surface area (TPSA) is 114 Å². The third-order valence-electron chi connectivity index (χ3n) is 4.52. The Morgan fingerprint density at radius 1 is 1.27 bits per heavy atom. The lowest BCUT2D eigenvalue weighted by Gasteiger charge is -2.20. The summed E-state index contributed by atoms with van der Waals surface area (Å²) in [5.74, 6) is -0.296. The van der Waals surface area contributed by atoms with Crippen molar-refractivity contribution in [2.75, 3.05) is 37.3 Å². The van der Waals surface area contributed by atoms with Crippen LogP contribution in [0.4, 0.5) is 11.4 Å². The Balaban J connectivity index is 2.26. The highest BCUT2D eigenvalue weighted by atomic mass is 32.2. The molecule has 0 unspecified atom stereocenters. The molecule has 1 fully saturated rings. The van der Waals surface area contributed by atoms with Crippen LogP contribution in [-0.4, -0.2) is 57.5 Å². The first-order valence-electron chi connectivity index (χ1n) is 8.85. The fraction of sp³-hybridized carbons (Fsp3) is 0.588. The second-order valence-corrected chi connectivity index (χ2v) is 8.03. The van der Waals surface area contributed by atoms with Gasteiger partial charge in [0, 0.05) is 26.7 Å². The van der Waals surface area contributed by atoms with E-state index in [-0.39, 0.29) is 16.9 Å². The van der Waals surface area contributed by atoms with Gasteiger partial charge in [0.1, 0.15) is 6.10 Å². The number of hydrogen-bond acceptors (Lipinski definition) is 6. The van der Waals surface area contributed by atoms with Gasteiger partial charge in [-0.05, 0) is 31.0 Å². The van der Waals surface area contributed by atoms with Gasteiger partial charge in [0.15, 0.2) is 0 Å². The highest BCUT2D eigenvalue weighted by Crippen LogP contribution is 2.28. The number of hydrogen-bond donors (Lipinski definition) is 3. The van der Waals surface area contributed by atoms with Crippen molar-refractivity contribution in [2.45, 2.75) is 43.8 Å². The predicted octanol–water partition coefficient (Wildman–Crippen LogP) is 1.20.